The third-order valence-electron chi connectivity index (χ3n) is 6.41. The van der Waals surface area contributed by atoms with E-state index in [4.69, 9.17) is 0 Å². The maximum absolute atomic E-state index is 13.1. The van der Waals surface area contributed by atoms with Crippen LogP contribution in [0.2, 0.25) is 0 Å². The number of amides is 1. The van der Waals surface area contributed by atoms with E-state index < -0.39 is 27.9 Å². The molecule has 190 valence electrons. The van der Waals surface area contributed by atoms with Crippen LogP contribution in [-0.4, -0.2) is 50.0 Å². The molecule has 1 atom stereocenters. The van der Waals surface area contributed by atoms with Gasteiger partial charge >= 0.3 is 5.97 Å². The zero-order chi connectivity index (χ0) is 25.3. The minimum atomic E-state index is -3.76. The lowest BCUT2D eigenvalue weighted by atomic mass is 9.87. The van der Waals surface area contributed by atoms with Gasteiger partial charge in [-0.05, 0) is 60.1 Å². The maximum Gasteiger partial charge on any atom is 0.326 e. The van der Waals surface area contributed by atoms with E-state index in [1.54, 1.807) is 24.3 Å². The maximum atomic E-state index is 13.1. The van der Waals surface area contributed by atoms with Gasteiger partial charge in [-0.15, -0.1) is 0 Å². The largest absolute Gasteiger partial charge is 0.480 e. The average molecular weight is 519 g/mol. The van der Waals surface area contributed by atoms with Crippen LogP contribution in [0.1, 0.15) is 55.3 Å². The van der Waals surface area contributed by atoms with Crippen molar-refractivity contribution in [1.29, 1.82) is 0 Å². The molecule has 0 heterocycles. The van der Waals surface area contributed by atoms with Crippen molar-refractivity contribution >= 4 is 33.7 Å². The predicted octanol–water partition coefficient (Wildman–Crippen LogP) is 4.54. The van der Waals surface area contributed by atoms with Crippen molar-refractivity contribution in [3.05, 3.63) is 54.1 Å². The van der Waals surface area contributed by atoms with Crippen LogP contribution >= 0.6 is 11.8 Å². The number of hydrogen-bond acceptors (Lipinski definition) is 5. The Morgan fingerprint density at radius 1 is 1.09 bits per heavy atom. The van der Waals surface area contributed by atoms with E-state index in [1.807, 2.05) is 12.3 Å². The second-order valence-corrected chi connectivity index (χ2v) is 11.7. The molecule has 2 aromatic carbocycles. The van der Waals surface area contributed by atoms with E-state index >= 15 is 0 Å². The van der Waals surface area contributed by atoms with E-state index in [9.17, 15) is 23.1 Å². The van der Waals surface area contributed by atoms with Gasteiger partial charge in [-0.25, -0.2) is 17.9 Å². The number of carboxylic acids is 1. The molecule has 2 aromatic rings. The number of benzene rings is 2. The second-order valence-electron chi connectivity index (χ2n) is 8.91. The number of aliphatic carboxylic acids is 1. The van der Waals surface area contributed by atoms with Crippen LogP contribution in [0, 0.1) is 5.92 Å². The van der Waals surface area contributed by atoms with Gasteiger partial charge in [0.2, 0.25) is 10.0 Å². The van der Waals surface area contributed by atoms with Crippen molar-refractivity contribution < 1.29 is 23.1 Å². The Morgan fingerprint density at radius 3 is 2.46 bits per heavy atom. The molecule has 35 heavy (non-hydrogen) atoms. The van der Waals surface area contributed by atoms with Gasteiger partial charge in [0.05, 0.1) is 4.90 Å². The first-order valence-corrected chi connectivity index (χ1v) is 14.9. The molecule has 1 fully saturated rings. The third kappa shape index (κ3) is 7.81. The fourth-order valence-corrected chi connectivity index (χ4v) is 5.98. The van der Waals surface area contributed by atoms with Gasteiger partial charge in [-0.2, -0.15) is 11.8 Å². The normalized spacial score (nSPS) is 15.5. The van der Waals surface area contributed by atoms with Crippen molar-refractivity contribution in [2.45, 2.75) is 55.9 Å². The highest BCUT2D eigenvalue weighted by Gasteiger charge is 2.24. The summed E-state index contributed by atoms with van der Waals surface area (Å²) in [6.45, 7) is 0.381. The molecule has 7 nitrogen and oxygen atoms in total. The highest BCUT2D eigenvalue weighted by Crippen LogP contribution is 2.28. The van der Waals surface area contributed by atoms with Gasteiger partial charge in [0.25, 0.3) is 5.91 Å². The Hall–Kier alpha value is -2.36. The topological polar surface area (TPSA) is 113 Å². The summed E-state index contributed by atoms with van der Waals surface area (Å²) >= 11 is 1.50. The second kappa shape index (κ2) is 13.1. The minimum absolute atomic E-state index is 0.0775. The van der Waals surface area contributed by atoms with E-state index in [0.717, 1.165) is 19.3 Å². The van der Waals surface area contributed by atoms with Gasteiger partial charge in [-0.3, -0.25) is 4.79 Å². The number of nitrogens with one attached hydrogen (secondary N) is 2. The molecule has 0 bridgehead atoms. The average Bonchev–Trinajstić information content (AvgIpc) is 2.87. The summed E-state index contributed by atoms with van der Waals surface area (Å²) in [5, 5.41) is 12.1. The monoisotopic (exact) mass is 518 g/mol. The van der Waals surface area contributed by atoms with Gasteiger partial charge in [0.15, 0.2) is 0 Å². The minimum Gasteiger partial charge on any atom is -0.480 e. The number of carboxylic acid groups (broad SMARTS) is 1. The number of thioether (sulfide) groups is 1. The first-order chi connectivity index (χ1) is 16.8. The van der Waals surface area contributed by atoms with Crippen LogP contribution in [-0.2, 0) is 14.8 Å². The molecule has 1 aliphatic rings. The Morgan fingerprint density at radius 2 is 1.80 bits per heavy atom. The fourth-order valence-electron chi connectivity index (χ4n) is 4.43. The summed E-state index contributed by atoms with van der Waals surface area (Å²) in [4.78, 5) is 24.8. The molecule has 0 spiro atoms. The fraction of sp³-hybridized carbons (Fsp3) is 0.462. The van der Waals surface area contributed by atoms with Gasteiger partial charge in [0, 0.05) is 12.1 Å². The standard InChI is InChI=1S/C26H34N2O5S2/c1-34-17-15-24(26(30)31)28-25(29)22-13-12-21(18-23(22)20-10-6-3-7-11-20)35(32,33)27-16-14-19-8-4-2-5-9-19/h3,6-7,10-13,18-19,24,27H,2,4-5,8-9,14-17H2,1H3,(H,28,29)(H,30,31)/t24-/m0/s1. The number of carbonyl (C=O) groups is 2. The lowest BCUT2D eigenvalue weighted by Gasteiger charge is -2.21. The lowest BCUT2D eigenvalue weighted by molar-refractivity contribution is -0.139. The third-order valence-corrected chi connectivity index (χ3v) is 8.52. The van der Waals surface area contributed by atoms with Gasteiger partial charge in [-0.1, -0.05) is 62.4 Å². The van der Waals surface area contributed by atoms with Crippen LogP contribution in [0.25, 0.3) is 11.1 Å². The first-order valence-electron chi connectivity index (χ1n) is 12.0. The van der Waals surface area contributed by atoms with Crippen molar-refractivity contribution in [3.63, 3.8) is 0 Å². The van der Waals surface area contributed by atoms with E-state index in [2.05, 4.69) is 10.0 Å². The lowest BCUT2D eigenvalue weighted by Crippen LogP contribution is -2.41. The summed E-state index contributed by atoms with van der Waals surface area (Å²) < 4.78 is 28.8. The van der Waals surface area contributed by atoms with Crippen LogP contribution in [0.3, 0.4) is 0 Å². The number of hydrogen-bond donors (Lipinski definition) is 3. The molecule has 3 rings (SSSR count). The Kier molecular flexibility index (Phi) is 10.2. The summed E-state index contributed by atoms with van der Waals surface area (Å²) in [6.07, 6.45) is 8.96. The molecule has 0 aliphatic heterocycles. The van der Waals surface area contributed by atoms with Crippen LogP contribution < -0.4 is 10.0 Å². The molecular formula is C26H34N2O5S2. The SMILES string of the molecule is CSCC[C@H](NC(=O)c1ccc(S(=O)(=O)NCCC2CCCCC2)cc1-c1ccccc1)C(=O)O. The number of carbonyl (C=O) groups excluding carboxylic acids is 1. The first kappa shape index (κ1) is 27.2. The molecule has 0 saturated heterocycles. The van der Waals surface area contributed by atoms with E-state index in [-0.39, 0.29) is 10.5 Å². The van der Waals surface area contributed by atoms with Crippen LogP contribution in [0.4, 0.5) is 0 Å². The Labute approximate surface area is 212 Å². The van der Waals surface area contributed by atoms with Crippen molar-refractivity contribution in [1.82, 2.24) is 10.0 Å². The summed E-state index contributed by atoms with van der Waals surface area (Å²) in [6, 6.07) is 12.4. The molecule has 0 radical (unpaired) electrons. The molecule has 3 N–H and O–H groups in total. The zero-order valence-corrected chi connectivity index (χ0v) is 21.7. The van der Waals surface area contributed by atoms with Crippen LogP contribution in [0.15, 0.2) is 53.4 Å². The molecule has 1 amide bonds. The Balaban J connectivity index is 1.83. The Bertz CT molecular complexity index is 1100. The quantitative estimate of drug-likeness (QED) is 0.380. The zero-order valence-electron chi connectivity index (χ0n) is 20.0. The van der Waals surface area contributed by atoms with Crippen LogP contribution in [0.5, 0.6) is 0 Å². The van der Waals surface area contributed by atoms with E-state index in [0.29, 0.717) is 35.8 Å². The predicted molar refractivity (Wildman–Crippen MR) is 140 cm³/mol. The van der Waals surface area contributed by atoms with Crippen molar-refractivity contribution in [3.8, 4) is 11.1 Å². The molecule has 9 heteroatoms. The summed E-state index contributed by atoms with van der Waals surface area (Å²) in [5.41, 5.74) is 1.34. The highest BCUT2D eigenvalue weighted by atomic mass is 32.2. The molecule has 0 aromatic heterocycles. The molecule has 1 saturated carbocycles. The smallest absolute Gasteiger partial charge is 0.326 e. The number of rotatable bonds is 12. The van der Waals surface area contributed by atoms with Gasteiger partial charge in [0.1, 0.15) is 6.04 Å². The highest BCUT2D eigenvalue weighted by molar-refractivity contribution is 7.98. The molecule has 0 unspecified atom stereocenters. The molecule has 1 aliphatic carbocycles. The van der Waals surface area contributed by atoms with E-state index in [1.165, 1.54) is 49.2 Å². The van der Waals surface area contributed by atoms with Crippen molar-refractivity contribution in [2.75, 3.05) is 18.6 Å². The summed E-state index contributed by atoms with van der Waals surface area (Å²) in [7, 11) is -3.76. The number of sulfonamides is 1. The molecular weight excluding hydrogens is 484 g/mol. The van der Waals surface area contributed by atoms with Gasteiger partial charge < -0.3 is 10.4 Å². The summed E-state index contributed by atoms with van der Waals surface area (Å²) in [5.74, 6) is -0.501. The van der Waals surface area contributed by atoms with Crippen molar-refractivity contribution in [2.24, 2.45) is 5.92 Å².